The largest absolute Gasteiger partial charge is 0.371 e. The Morgan fingerprint density at radius 3 is 2.59 bits per heavy atom. The number of anilines is 1. The van der Waals surface area contributed by atoms with Crippen LogP contribution in [-0.2, 0) is 0 Å². The molecule has 0 aliphatic heterocycles. The maximum Gasteiger partial charge on any atom is 0.151 e. The molecule has 0 unspecified atom stereocenters. The highest BCUT2D eigenvalue weighted by Gasteiger charge is 2.12. The Balaban J connectivity index is 2.54. The highest BCUT2D eigenvalue weighted by Crippen LogP contribution is 2.30. The minimum Gasteiger partial charge on any atom is -0.371 e. The molecule has 2 heterocycles. The maximum absolute atomic E-state index is 8.82. The van der Waals surface area contributed by atoms with E-state index in [2.05, 4.69) is 21.6 Å². The van der Waals surface area contributed by atoms with Gasteiger partial charge in [0.2, 0.25) is 0 Å². The van der Waals surface area contributed by atoms with Crippen molar-refractivity contribution in [1.82, 2.24) is 10.2 Å². The number of nitriles is 1. The molecule has 86 valence electrons. The van der Waals surface area contributed by atoms with Gasteiger partial charge in [-0.15, -0.1) is 21.5 Å². The Bertz CT molecular complexity index is 595. The Hall–Kier alpha value is -1.93. The lowest BCUT2D eigenvalue weighted by molar-refractivity contribution is 1.01. The summed E-state index contributed by atoms with van der Waals surface area (Å²) >= 11 is 1.44. The summed E-state index contributed by atoms with van der Waals surface area (Å²) in [6, 6.07) is 5.86. The van der Waals surface area contributed by atoms with Gasteiger partial charge in [-0.1, -0.05) is 0 Å². The Morgan fingerprint density at radius 1 is 1.24 bits per heavy atom. The van der Waals surface area contributed by atoms with Gasteiger partial charge in [-0.25, -0.2) is 0 Å². The van der Waals surface area contributed by atoms with E-state index >= 15 is 0 Å². The highest BCUT2D eigenvalue weighted by atomic mass is 32.1. The van der Waals surface area contributed by atoms with Gasteiger partial charge in [0, 0.05) is 7.05 Å². The molecule has 0 aliphatic rings. The van der Waals surface area contributed by atoms with Crippen LogP contribution in [-0.4, -0.2) is 17.2 Å². The molecule has 0 saturated carbocycles. The van der Waals surface area contributed by atoms with E-state index in [0.717, 1.165) is 27.5 Å². The molecule has 17 heavy (non-hydrogen) atoms. The first-order valence-corrected chi connectivity index (χ1v) is 6.01. The van der Waals surface area contributed by atoms with Crippen molar-refractivity contribution >= 4 is 17.2 Å². The van der Waals surface area contributed by atoms with E-state index in [0.29, 0.717) is 4.88 Å². The summed E-state index contributed by atoms with van der Waals surface area (Å²) < 4.78 is 0. The van der Waals surface area contributed by atoms with Crippen LogP contribution in [0.5, 0.6) is 0 Å². The molecule has 4 nitrogen and oxygen atoms in total. The van der Waals surface area contributed by atoms with E-state index in [-0.39, 0.29) is 0 Å². The van der Waals surface area contributed by atoms with Crippen LogP contribution in [0.15, 0.2) is 12.1 Å². The lowest BCUT2D eigenvalue weighted by Crippen LogP contribution is -2.02. The summed E-state index contributed by atoms with van der Waals surface area (Å²) in [5.74, 6) is 0.795. The van der Waals surface area contributed by atoms with Gasteiger partial charge in [0.1, 0.15) is 16.6 Å². The minimum absolute atomic E-state index is 0.691. The number of thiophene rings is 1. The van der Waals surface area contributed by atoms with E-state index in [9.17, 15) is 0 Å². The first-order chi connectivity index (χ1) is 8.17. The third-order valence-corrected chi connectivity index (χ3v) is 3.71. The van der Waals surface area contributed by atoms with Crippen LogP contribution in [0.4, 0.5) is 5.82 Å². The quantitative estimate of drug-likeness (QED) is 0.882. The van der Waals surface area contributed by atoms with Crippen molar-refractivity contribution in [3.8, 4) is 16.6 Å². The van der Waals surface area contributed by atoms with Gasteiger partial charge < -0.3 is 5.32 Å². The number of hydrogen-bond acceptors (Lipinski definition) is 5. The van der Waals surface area contributed by atoms with E-state index < -0.39 is 0 Å². The van der Waals surface area contributed by atoms with Crippen molar-refractivity contribution in [3.05, 3.63) is 28.1 Å². The van der Waals surface area contributed by atoms with Gasteiger partial charge in [0.15, 0.2) is 5.82 Å². The number of hydrogen-bond donors (Lipinski definition) is 1. The molecular formula is C12H12N4S. The van der Waals surface area contributed by atoms with Crippen LogP contribution < -0.4 is 5.32 Å². The summed E-state index contributed by atoms with van der Waals surface area (Å²) in [7, 11) is 1.83. The molecule has 2 rings (SSSR count). The normalized spacial score (nSPS) is 10.0. The van der Waals surface area contributed by atoms with Crippen LogP contribution in [0.25, 0.3) is 10.6 Å². The number of aromatic nitrogens is 2. The molecule has 0 fully saturated rings. The molecule has 0 atom stereocenters. The summed E-state index contributed by atoms with van der Waals surface area (Å²) in [5.41, 5.74) is 3.04. The Labute approximate surface area is 104 Å². The smallest absolute Gasteiger partial charge is 0.151 e. The van der Waals surface area contributed by atoms with E-state index in [4.69, 9.17) is 5.26 Å². The molecule has 0 aliphatic carbocycles. The van der Waals surface area contributed by atoms with Crippen molar-refractivity contribution in [2.75, 3.05) is 12.4 Å². The SMILES string of the molecule is CNc1nnc(-c2ccc(C#N)s2)c(C)c1C. The Morgan fingerprint density at radius 2 is 2.00 bits per heavy atom. The van der Waals surface area contributed by atoms with Crippen LogP contribution in [0.1, 0.15) is 16.0 Å². The van der Waals surface area contributed by atoms with Crippen LogP contribution in [0, 0.1) is 25.2 Å². The molecule has 0 aromatic carbocycles. The minimum atomic E-state index is 0.691. The van der Waals surface area contributed by atoms with Crippen molar-refractivity contribution in [1.29, 1.82) is 5.26 Å². The number of nitrogens with one attached hydrogen (secondary N) is 1. The average Bonchev–Trinajstić information content (AvgIpc) is 2.81. The Kier molecular flexibility index (Phi) is 3.07. The fourth-order valence-electron chi connectivity index (χ4n) is 1.60. The summed E-state index contributed by atoms with van der Waals surface area (Å²) in [5, 5.41) is 20.2. The van der Waals surface area contributed by atoms with Crippen molar-refractivity contribution in [2.45, 2.75) is 13.8 Å². The molecule has 0 radical (unpaired) electrons. The zero-order valence-electron chi connectivity index (χ0n) is 9.90. The van der Waals surface area contributed by atoms with Crippen LogP contribution in [0.3, 0.4) is 0 Å². The predicted octanol–water partition coefficient (Wildman–Crippen LogP) is 2.74. The van der Waals surface area contributed by atoms with Crippen molar-refractivity contribution in [3.63, 3.8) is 0 Å². The van der Waals surface area contributed by atoms with Gasteiger partial charge in [0.25, 0.3) is 0 Å². The standard InChI is InChI=1S/C12H12N4S/c1-7-8(2)12(14-3)16-15-11(7)10-5-4-9(6-13)17-10/h4-5H,1-3H3,(H,14,16). The molecule has 0 spiro atoms. The van der Waals surface area contributed by atoms with Gasteiger partial charge in [-0.3, -0.25) is 0 Å². The first-order valence-electron chi connectivity index (χ1n) is 5.19. The summed E-state index contributed by atoms with van der Waals surface area (Å²) in [6.45, 7) is 4.03. The second-order valence-corrected chi connectivity index (χ2v) is 4.76. The topological polar surface area (TPSA) is 61.6 Å². The lowest BCUT2D eigenvalue weighted by atomic mass is 10.1. The van der Waals surface area contributed by atoms with Crippen molar-refractivity contribution < 1.29 is 0 Å². The second kappa shape index (κ2) is 4.52. The maximum atomic E-state index is 8.82. The lowest BCUT2D eigenvalue weighted by Gasteiger charge is -2.09. The molecule has 2 aromatic heterocycles. The predicted molar refractivity (Wildman–Crippen MR) is 69.1 cm³/mol. The van der Waals surface area contributed by atoms with Gasteiger partial charge >= 0.3 is 0 Å². The molecule has 1 N–H and O–H groups in total. The van der Waals surface area contributed by atoms with Gasteiger partial charge in [0.05, 0.1) is 4.88 Å². The molecule has 0 saturated heterocycles. The third kappa shape index (κ3) is 1.99. The molecule has 0 amide bonds. The zero-order chi connectivity index (χ0) is 12.4. The third-order valence-electron chi connectivity index (χ3n) is 2.71. The summed E-state index contributed by atoms with van der Waals surface area (Å²) in [6.07, 6.45) is 0. The number of rotatable bonds is 2. The first kappa shape index (κ1) is 11.6. The fraction of sp³-hybridized carbons (Fsp3) is 0.250. The molecule has 0 bridgehead atoms. The van der Waals surface area contributed by atoms with Crippen molar-refractivity contribution in [2.24, 2.45) is 0 Å². The van der Waals surface area contributed by atoms with E-state index in [1.54, 1.807) is 0 Å². The van der Waals surface area contributed by atoms with Crippen LogP contribution >= 0.6 is 11.3 Å². The molecule has 2 aromatic rings. The van der Waals surface area contributed by atoms with E-state index in [1.165, 1.54) is 11.3 Å². The fourth-order valence-corrected chi connectivity index (χ4v) is 2.45. The highest BCUT2D eigenvalue weighted by molar-refractivity contribution is 7.16. The monoisotopic (exact) mass is 244 g/mol. The van der Waals surface area contributed by atoms with Crippen LogP contribution in [0.2, 0.25) is 0 Å². The molecule has 5 heteroatoms. The zero-order valence-corrected chi connectivity index (χ0v) is 10.7. The molecular weight excluding hydrogens is 232 g/mol. The average molecular weight is 244 g/mol. The second-order valence-electron chi connectivity index (χ2n) is 3.67. The summed E-state index contributed by atoms with van der Waals surface area (Å²) in [4.78, 5) is 1.67. The van der Waals surface area contributed by atoms with Gasteiger partial charge in [-0.2, -0.15) is 5.26 Å². The number of nitrogens with zero attached hydrogens (tertiary/aromatic N) is 3. The van der Waals surface area contributed by atoms with Gasteiger partial charge in [-0.05, 0) is 37.1 Å². The van der Waals surface area contributed by atoms with E-state index in [1.807, 2.05) is 33.0 Å².